The second-order valence-corrected chi connectivity index (χ2v) is 5.85. The van der Waals surface area contributed by atoms with Crippen LogP contribution in [0.4, 0.5) is 0 Å². The lowest BCUT2D eigenvalue weighted by Gasteiger charge is -2.26. The van der Waals surface area contributed by atoms with E-state index in [9.17, 15) is 4.79 Å². The highest BCUT2D eigenvalue weighted by atomic mass is 16.1. The summed E-state index contributed by atoms with van der Waals surface area (Å²) in [5, 5.41) is 0. The summed E-state index contributed by atoms with van der Waals surface area (Å²) in [5.74, 6) is 0.253. The molecule has 3 nitrogen and oxygen atoms in total. The van der Waals surface area contributed by atoms with Gasteiger partial charge in [0.2, 0.25) is 0 Å². The van der Waals surface area contributed by atoms with Crippen molar-refractivity contribution in [2.45, 2.75) is 26.3 Å². The number of nitrogens with zero attached hydrogens (tertiary/aromatic N) is 2. The van der Waals surface area contributed by atoms with Crippen molar-refractivity contribution < 1.29 is 4.79 Å². The van der Waals surface area contributed by atoms with Gasteiger partial charge in [-0.25, -0.2) is 0 Å². The minimum absolute atomic E-state index is 0.0197. The van der Waals surface area contributed by atoms with Crippen LogP contribution in [0.15, 0.2) is 18.2 Å². The molecule has 1 heterocycles. The number of hydrogen-bond donors (Lipinski definition) is 0. The van der Waals surface area contributed by atoms with E-state index < -0.39 is 0 Å². The van der Waals surface area contributed by atoms with E-state index in [1.54, 1.807) is 0 Å². The van der Waals surface area contributed by atoms with Crippen molar-refractivity contribution in [1.82, 2.24) is 9.80 Å². The largest absolute Gasteiger partial charge is 0.304 e. The Morgan fingerprint density at radius 2 is 1.74 bits per heavy atom. The van der Waals surface area contributed by atoms with Crippen LogP contribution in [0.25, 0.3) is 0 Å². The standard InChI is InChI=1S/C16H24N2O/c1-12-8-13(2)10-14(9-12)16(19)15-11-17(3)6-5-7-18(15)4/h8-10,15H,5-7,11H2,1-4H3. The lowest BCUT2D eigenvalue weighted by molar-refractivity contribution is 0.0839. The van der Waals surface area contributed by atoms with Crippen molar-refractivity contribution in [3.05, 3.63) is 34.9 Å². The fourth-order valence-electron chi connectivity index (χ4n) is 2.86. The molecule has 1 fully saturated rings. The van der Waals surface area contributed by atoms with Gasteiger partial charge in [-0.1, -0.05) is 17.2 Å². The van der Waals surface area contributed by atoms with E-state index in [4.69, 9.17) is 0 Å². The Kier molecular flexibility index (Phi) is 4.38. The Balaban J connectivity index is 2.25. The first-order valence-electron chi connectivity index (χ1n) is 6.98. The Morgan fingerprint density at radius 1 is 1.11 bits per heavy atom. The van der Waals surface area contributed by atoms with Crippen molar-refractivity contribution in [3.63, 3.8) is 0 Å². The number of rotatable bonds is 2. The highest BCUT2D eigenvalue weighted by Crippen LogP contribution is 2.16. The van der Waals surface area contributed by atoms with E-state index in [0.717, 1.165) is 42.7 Å². The van der Waals surface area contributed by atoms with Gasteiger partial charge in [-0.3, -0.25) is 9.69 Å². The molecule has 19 heavy (non-hydrogen) atoms. The molecule has 104 valence electrons. The van der Waals surface area contributed by atoms with Crippen molar-refractivity contribution in [2.24, 2.45) is 0 Å². The SMILES string of the molecule is Cc1cc(C)cc(C(=O)C2CN(C)CCCN2C)c1. The van der Waals surface area contributed by atoms with E-state index in [1.165, 1.54) is 0 Å². The monoisotopic (exact) mass is 260 g/mol. The maximum absolute atomic E-state index is 12.7. The Morgan fingerprint density at radius 3 is 2.37 bits per heavy atom. The average molecular weight is 260 g/mol. The number of Topliss-reactive ketones (excluding diaryl/α,β-unsaturated/α-hetero) is 1. The van der Waals surface area contributed by atoms with Crippen molar-refractivity contribution in [1.29, 1.82) is 0 Å². The van der Waals surface area contributed by atoms with E-state index in [0.29, 0.717) is 0 Å². The van der Waals surface area contributed by atoms with E-state index >= 15 is 0 Å². The molecule has 0 saturated carbocycles. The minimum atomic E-state index is -0.0197. The number of carbonyl (C=O) groups excluding carboxylic acids is 1. The third-order valence-electron chi connectivity index (χ3n) is 3.88. The molecule has 0 spiro atoms. The number of benzene rings is 1. The molecule has 0 aromatic heterocycles. The predicted molar refractivity (Wildman–Crippen MR) is 78.8 cm³/mol. The van der Waals surface area contributed by atoms with Crippen molar-refractivity contribution in [2.75, 3.05) is 33.7 Å². The summed E-state index contributed by atoms with van der Waals surface area (Å²) < 4.78 is 0. The molecule has 1 atom stereocenters. The van der Waals surface area contributed by atoms with Gasteiger partial charge < -0.3 is 4.90 Å². The maximum atomic E-state index is 12.7. The van der Waals surface area contributed by atoms with Crippen LogP contribution in [0.1, 0.15) is 27.9 Å². The number of aryl methyl sites for hydroxylation is 2. The lowest BCUT2D eigenvalue weighted by atomic mass is 9.99. The fourth-order valence-corrected chi connectivity index (χ4v) is 2.86. The maximum Gasteiger partial charge on any atom is 0.181 e. The first-order valence-corrected chi connectivity index (χ1v) is 6.98. The van der Waals surface area contributed by atoms with Crippen LogP contribution in [0.3, 0.4) is 0 Å². The third kappa shape index (κ3) is 3.43. The molecule has 2 rings (SSSR count). The second-order valence-electron chi connectivity index (χ2n) is 5.85. The topological polar surface area (TPSA) is 23.6 Å². The summed E-state index contributed by atoms with van der Waals surface area (Å²) in [7, 11) is 4.16. The molecular formula is C16H24N2O. The zero-order valence-corrected chi connectivity index (χ0v) is 12.4. The number of likely N-dealkylation sites (N-methyl/N-ethyl adjacent to an activating group) is 2. The quantitative estimate of drug-likeness (QED) is 0.761. The van der Waals surface area contributed by atoms with Gasteiger partial charge in [0.25, 0.3) is 0 Å². The number of hydrogen-bond acceptors (Lipinski definition) is 3. The van der Waals surface area contributed by atoms with Crippen LogP contribution in [0.2, 0.25) is 0 Å². The highest BCUT2D eigenvalue weighted by molar-refractivity contribution is 6.00. The predicted octanol–water partition coefficient (Wildman–Crippen LogP) is 2.12. The second kappa shape index (κ2) is 5.85. The Labute approximate surface area is 116 Å². The van der Waals surface area contributed by atoms with E-state index in [-0.39, 0.29) is 11.8 Å². The van der Waals surface area contributed by atoms with Crippen molar-refractivity contribution >= 4 is 5.78 Å². The van der Waals surface area contributed by atoms with Crippen LogP contribution >= 0.6 is 0 Å². The molecule has 1 aliphatic heterocycles. The smallest absolute Gasteiger partial charge is 0.181 e. The molecule has 0 aliphatic carbocycles. The third-order valence-corrected chi connectivity index (χ3v) is 3.88. The molecule has 0 N–H and O–H groups in total. The van der Waals surface area contributed by atoms with Crippen LogP contribution in [-0.4, -0.2) is 55.4 Å². The molecule has 0 amide bonds. The molecule has 1 unspecified atom stereocenters. The summed E-state index contributed by atoms with van der Waals surface area (Å²) in [6.45, 7) is 6.98. The number of ketones is 1. The minimum Gasteiger partial charge on any atom is -0.304 e. The van der Waals surface area contributed by atoms with Gasteiger partial charge in [-0.05, 0) is 59.6 Å². The molecule has 0 bridgehead atoms. The zero-order chi connectivity index (χ0) is 14.0. The van der Waals surface area contributed by atoms with Gasteiger partial charge in [-0.2, -0.15) is 0 Å². The van der Waals surface area contributed by atoms with Gasteiger partial charge in [0.1, 0.15) is 0 Å². The van der Waals surface area contributed by atoms with Crippen molar-refractivity contribution in [3.8, 4) is 0 Å². The Hall–Kier alpha value is -1.19. The summed E-state index contributed by atoms with van der Waals surface area (Å²) in [4.78, 5) is 17.2. The molecule has 1 saturated heterocycles. The zero-order valence-electron chi connectivity index (χ0n) is 12.4. The van der Waals surface area contributed by atoms with Crippen LogP contribution in [0.5, 0.6) is 0 Å². The van der Waals surface area contributed by atoms with Gasteiger partial charge in [0, 0.05) is 12.1 Å². The van der Waals surface area contributed by atoms with Gasteiger partial charge >= 0.3 is 0 Å². The molecule has 3 heteroatoms. The first kappa shape index (κ1) is 14.2. The van der Waals surface area contributed by atoms with Gasteiger partial charge in [-0.15, -0.1) is 0 Å². The summed E-state index contributed by atoms with van der Waals surface area (Å²) >= 11 is 0. The first-order chi connectivity index (χ1) is 8.97. The van der Waals surface area contributed by atoms with Gasteiger partial charge in [0.05, 0.1) is 6.04 Å². The highest BCUT2D eigenvalue weighted by Gasteiger charge is 2.27. The normalized spacial score (nSPS) is 22.2. The molecular weight excluding hydrogens is 236 g/mol. The summed E-state index contributed by atoms with van der Waals surface area (Å²) in [6, 6.07) is 6.11. The van der Waals surface area contributed by atoms with Gasteiger partial charge in [0.15, 0.2) is 5.78 Å². The van der Waals surface area contributed by atoms with Crippen LogP contribution < -0.4 is 0 Å². The summed E-state index contributed by atoms with van der Waals surface area (Å²) in [6.07, 6.45) is 1.13. The fraction of sp³-hybridized carbons (Fsp3) is 0.562. The molecule has 1 aromatic rings. The van der Waals surface area contributed by atoms with E-state index in [1.807, 2.05) is 26.0 Å². The molecule has 1 aliphatic rings. The van der Waals surface area contributed by atoms with Crippen LogP contribution in [-0.2, 0) is 0 Å². The lowest BCUT2D eigenvalue weighted by Crippen LogP contribution is -2.43. The Bertz CT molecular complexity index is 450. The molecule has 1 aromatic carbocycles. The van der Waals surface area contributed by atoms with E-state index in [2.05, 4.69) is 30.0 Å². The number of carbonyl (C=O) groups is 1. The van der Waals surface area contributed by atoms with Crippen LogP contribution in [0, 0.1) is 13.8 Å². The molecule has 0 radical (unpaired) electrons. The summed E-state index contributed by atoms with van der Waals surface area (Å²) in [5.41, 5.74) is 3.17. The average Bonchev–Trinajstić information content (AvgIpc) is 2.49.